The van der Waals surface area contributed by atoms with E-state index in [2.05, 4.69) is 6.92 Å². The van der Waals surface area contributed by atoms with Crippen molar-refractivity contribution in [1.29, 1.82) is 0 Å². The molecule has 0 amide bonds. The molecule has 0 unspecified atom stereocenters. The zero-order valence-corrected chi connectivity index (χ0v) is 13.9. The monoisotopic (exact) mass is 296 g/mol. The Morgan fingerprint density at radius 3 is 2.29 bits per heavy atom. The Kier molecular flexibility index (Phi) is 10.0. The second kappa shape index (κ2) is 11.6. The summed E-state index contributed by atoms with van der Waals surface area (Å²) in [6, 6.07) is 0. The fourth-order valence-electron chi connectivity index (χ4n) is 2.75. The number of carbonyl (C=O) groups excluding carboxylic acids is 1. The summed E-state index contributed by atoms with van der Waals surface area (Å²) in [5.41, 5.74) is 0.792. The minimum absolute atomic E-state index is 0.169. The van der Waals surface area contributed by atoms with Gasteiger partial charge in [-0.15, -0.1) is 0 Å². The van der Waals surface area contributed by atoms with E-state index in [-0.39, 0.29) is 5.97 Å². The van der Waals surface area contributed by atoms with Crippen molar-refractivity contribution in [2.75, 3.05) is 13.2 Å². The number of esters is 1. The summed E-state index contributed by atoms with van der Waals surface area (Å²) in [7, 11) is 0. The van der Waals surface area contributed by atoms with Crippen molar-refractivity contribution in [1.82, 2.24) is 0 Å². The molecule has 0 atom stereocenters. The molecule has 3 heteroatoms. The number of unbranched alkanes of at least 4 members (excludes halogenated alkanes) is 7. The minimum Gasteiger partial charge on any atom is -0.497 e. The molecule has 1 fully saturated rings. The maximum Gasteiger partial charge on any atom is 0.337 e. The van der Waals surface area contributed by atoms with E-state index in [1.165, 1.54) is 44.9 Å². The summed E-state index contributed by atoms with van der Waals surface area (Å²) in [6.07, 6.45) is 13.0. The minimum atomic E-state index is -0.169. The third-order valence-corrected chi connectivity index (χ3v) is 3.96. The fourth-order valence-corrected chi connectivity index (χ4v) is 2.75. The lowest BCUT2D eigenvalue weighted by Gasteiger charge is -2.10. The van der Waals surface area contributed by atoms with Crippen molar-refractivity contribution in [2.24, 2.45) is 0 Å². The predicted octanol–water partition coefficient (Wildman–Crippen LogP) is 5.14. The lowest BCUT2D eigenvalue weighted by Crippen LogP contribution is -2.10. The van der Waals surface area contributed by atoms with Gasteiger partial charge in [0.05, 0.1) is 18.8 Å². The highest BCUT2D eigenvalue weighted by Crippen LogP contribution is 2.25. The van der Waals surface area contributed by atoms with Crippen LogP contribution < -0.4 is 0 Å². The first kappa shape index (κ1) is 18.1. The van der Waals surface area contributed by atoms with Crippen molar-refractivity contribution in [3.05, 3.63) is 11.3 Å². The summed E-state index contributed by atoms with van der Waals surface area (Å²) in [6.45, 7) is 5.28. The summed E-state index contributed by atoms with van der Waals surface area (Å²) < 4.78 is 10.7. The molecule has 0 radical (unpaired) electrons. The molecule has 1 aliphatic heterocycles. The summed E-state index contributed by atoms with van der Waals surface area (Å²) in [5, 5.41) is 0. The molecule has 0 aliphatic carbocycles. The number of rotatable bonds is 11. The van der Waals surface area contributed by atoms with Crippen LogP contribution in [0.15, 0.2) is 11.3 Å². The SMILES string of the molecule is CCCCCCCCCC/C(C(=O)OCC)=C1/CCCO1. The fraction of sp³-hybridized carbons (Fsp3) is 0.833. The Hall–Kier alpha value is -0.990. The lowest BCUT2D eigenvalue weighted by atomic mass is 10.0. The van der Waals surface area contributed by atoms with E-state index in [0.29, 0.717) is 6.61 Å². The first-order valence-corrected chi connectivity index (χ1v) is 8.81. The molecular formula is C18H32O3. The van der Waals surface area contributed by atoms with Gasteiger partial charge in [-0.25, -0.2) is 4.79 Å². The van der Waals surface area contributed by atoms with Crippen molar-refractivity contribution >= 4 is 5.97 Å². The Balaban J connectivity index is 2.24. The van der Waals surface area contributed by atoms with Crippen LogP contribution in [0.2, 0.25) is 0 Å². The highest BCUT2D eigenvalue weighted by Gasteiger charge is 2.20. The average molecular weight is 296 g/mol. The Bertz CT molecular complexity index is 312. The van der Waals surface area contributed by atoms with E-state index in [9.17, 15) is 4.79 Å². The Morgan fingerprint density at radius 2 is 1.71 bits per heavy atom. The predicted molar refractivity (Wildman–Crippen MR) is 86.1 cm³/mol. The van der Waals surface area contributed by atoms with Crippen LogP contribution in [0.3, 0.4) is 0 Å². The highest BCUT2D eigenvalue weighted by molar-refractivity contribution is 5.89. The Labute approximate surface area is 130 Å². The maximum absolute atomic E-state index is 12.0. The van der Waals surface area contributed by atoms with Crippen LogP contribution >= 0.6 is 0 Å². The molecule has 3 nitrogen and oxygen atoms in total. The molecule has 1 saturated heterocycles. The zero-order chi connectivity index (χ0) is 15.3. The van der Waals surface area contributed by atoms with Gasteiger partial charge < -0.3 is 9.47 Å². The van der Waals surface area contributed by atoms with Crippen LogP contribution in [0.4, 0.5) is 0 Å². The molecule has 1 rings (SSSR count). The smallest absolute Gasteiger partial charge is 0.337 e. The van der Waals surface area contributed by atoms with Crippen LogP contribution in [-0.4, -0.2) is 19.2 Å². The van der Waals surface area contributed by atoms with E-state index in [0.717, 1.165) is 43.6 Å². The number of hydrogen-bond donors (Lipinski definition) is 0. The van der Waals surface area contributed by atoms with Gasteiger partial charge in [0, 0.05) is 6.42 Å². The molecule has 122 valence electrons. The largest absolute Gasteiger partial charge is 0.497 e. The highest BCUT2D eigenvalue weighted by atomic mass is 16.5. The van der Waals surface area contributed by atoms with E-state index >= 15 is 0 Å². The zero-order valence-electron chi connectivity index (χ0n) is 13.9. The van der Waals surface area contributed by atoms with Gasteiger partial charge in [-0.1, -0.05) is 51.9 Å². The topological polar surface area (TPSA) is 35.5 Å². The molecule has 0 saturated carbocycles. The van der Waals surface area contributed by atoms with Crippen molar-refractivity contribution < 1.29 is 14.3 Å². The van der Waals surface area contributed by atoms with Gasteiger partial charge in [-0.05, 0) is 26.2 Å². The van der Waals surface area contributed by atoms with Crippen LogP contribution in [-0.2, 0) is 14.3 Å². The second-order valence-electron chi connectivity index (χ2n) is 5.80. The van der Waals surface area contributed by atoms with E-state index in [1.807, 2.05) is 6.92 Å². The van der Waals surface area contributed by atoms with Crippen LogP contribution in [0, 0.1) is 0 Å². The molecule has 0 aromatic carbocycles. The number of allylic oxidation sites excluding steroid dienone is 1. The summed E-state index contributed by atoms with van der Waals surface area (Å²) in [4.78, 5) is 12.0. The van der Waals surface area contributed by atoms with Gasteiger partial charge in [-0.2, -0.15) is 0 Å². The van der Waals surface area contributed by atoms with Crippen molar-refractivity contribution in [3.63, 3.8) is 0 Å². The molecule has 0 aromatic heterocycles. The third kappa shape index (κ3) is 7.54. The van der Waals surface area contributed by atoms with Crippen molar-refractivity contribution in [2.45, 2.75) is 84.5 Å². The molecule has 0 spiro atoms. The van der Waals surface area contributed by atoms with Crippen LogP contribution in [0.5, 0.6) is 0 Å². The number of carbonyl (C=O) groups is 1. The molecule has 1 heterocycles. The van der Waals surface area contributed by atoms with E-state index in [4.69, 9.17) is 9.47 Å². The van der Waals surface area contributed by atoms with Gasteiger partial charge in [0.1, 0.15) is 5.76 Å². The average Bonchev–Trinajstić information content (AvgIpc) is 3.00. The molecule has 1 aliphatic rings. The van der Waals surface area contributed by atoms with Gasteiger partial charge in [0.25, 0.3) is 0 Å². The van der Waals surface area contributed by atoms with Gasteiger partial charge in [-0.3, -0.25) is 0 Å². The quantitative estimate of drug-likeness (QED) is 0.301. The standard InChI is InChI=1S/C18H32O3/c1-3-5-6-7-8-9-10-11-13-16(18(19)20-4-2)17-14-12-15-21-17/h3-15H2,1-2H3/b17-16+. The molecule has 0 bridgehead atoms. The first-order chi connectivity index (χ1) is 10.3. The van der Waals surface area contributed by atoms with Gasteiger partial charge in [0.2, 0.25) is 0 Å². The second-order valence-corrected chi connectivity index (χ2v) is 5.80. The summed E-state index contributed by atoms with van der Waals surface area (Å²) in [5.74, 6) is 0.716. The maximum atomic E-state index is 12.0. The van der Waals surface area contributed by atoms with Crippen molar-refractivity contribution in [3.8, 4) is 0 Å². The number of hydrogen-bond acceptors (Lipinski definition) is 3. The lowest BCUT2D eigenvalue weighted by molar-refractivity contribution is -0.139. The summed E-state index contributed by atoms with van der Waals surface area (Å²) >= 11 is 0. The van der Waals surface area contributed by atoms with Crippen LogP contribution in [0.25, 0.3) is 0 Å². The van der Waals surface area contributed by atoms with Gasteiger partial charge in [0.15, 0.2) is 0 Å². The van der Waals surface area contributed by atoms with Crippen LogP contribution in [0.1, 0.15) is 84.5 Å². The molecule has 0 N–H and O–H groups in total. The molecule has 0 aromatic rings. The normalized spacial score (nSPS) is 16.7. The first-order valence-electron chi connectivity index (χ1n) is 8.81. The molecular weight excluding hydrogens is 264 g/mol. The molecule has 21 heavy (non-hydrogen) atoms. The number of ether oxygens (including phenoxy) is 2. The van der Waals surface area contributed by atoms with E-state index < -0.39 is 0 Å². The Morgan fingerprint density at radius 1 is 1.05 bits per heavy atom. The third-order valence-electron chi connectivity index (χ3n) is 3.96. The van der Waals surface area contributed by atoms with E-state index in [1.54, 1.807) is 0 Å². The van der Waals surface area contributed by atoms with Gasteiger partial charge >= 0.3 is 5.97 Å².